The molecule has 3 N–H and O–H groups in total. The molecule has 1 aromatic carbocycles. The van der Waals surface area contributed by atoms with Crippen molar-refractivity contribution >= 4 is 5.91 Å². The highest BCUT2D eigenvalue weighted by Gasteiger charge is 2.25. The number of aliphatic hydroxyl groups is 1. The summed E-state index contributed by atoms with van der Waals surface area (Å²) in [6.07, 6.45) is 1.36. The lowest BCUT2D eigenvalue weighted by molar-refractivity contribution is 0.0998. The van der Waals surface area contributed by atoms with Crippen molar-refractivity contribution in [2.45, 2.75) is 32.8 Å². The first kappa shape index (κ1) is 20.6. The van der Waals surface area contributed by atoms with Crippen molar-refractivity contribution in [3.63, 3.8) is 0 Å². The van der Waals surface area contributed by atoms with E-state index < -0.39 is 5.91 Å². The largest absolute Gasteiger partial charge is 0.396 e. The number of nitrogens with two attached hydrogens (primary N) is 1. The van der Waals surface area contributed by atoms with Gasteiger partial charge in [-0.3, -0.25) is 9.78 Å². The normalized spacial score (nSPS) is 13.3. The highest BCUT2D eigenvalue weighted by atomic mass is 16.5. The number of benzene rings is 1. The summed E-state index contributed by atoms with van der Waals surface area (Å²) in [6.45, 7) is 5.39. The average molecular weight is 396 g/mol. The zero-order chi connectivity index (χ0) is 21.1. The Hall–Kier alpha value is -3.17. The van der Waals surface area contributed by atoms with Crippen LogP contribution in [0.4, 0.5) is 0 Å². The zero-order valence-electron chi connectivity index (χ0n) is 16.8. The van der Waals surface area contributed by atoms with E-state index in [0.29, 0.717) is 28.3 Å². The van der Waals surface area contributed by atoms with Gasteiger partial charge in [-0.2, -0.15) is 4.68 Å². The second-order valence-electron chi connectivity index (χ2n) is 6.95. The fourth-order valence-electron chi connectivity index (χ4n) is 3.14. The number of carbonyl (C=O) groups excluding carboxylic acids is 1. The molecule has 0 spiro atoms. The minimum atomic E-state index is -0.607. The monoisotopic (exact) mass is 396 g/mol. The molecule has 9 heteroatoms. The topological polar surface area (TPSA) is 129 Å². The van der Waals surface area contributed by atoms with Crippen molar-refractivity contribution in [2.24, 2.45) is 5.73 Å². The fourth-order valence-corrected chi connectivity index (χ4v) is 3.14. The number of methoxy groups -OCH3 is 1. The number of hydrogen-bond acceptors (Lipinski definition) is 7. The molecule has 0 radical (unpaired) electrons. The molecule has 152 valence electrons. The van der Waals surface area contributed by atoms with E-state index in [1.54, 1.807) is 26.3 Å². The molecule has 2 aromatic heterocycles. The summed E-state index contributed by atoms with van der Waals surface area (Å²) >= 11 is 0. The summed E-state index contributed by atoms with van der Waals surface area (Å²) < 4.78 is 6.89. The average Bonchev–Trinajstić information content (AvgIpc) is 3.22. The molecule has 0 bridgehead atoms. The van der Waals surface area contributed by atoms with E-state index in [9.17, 15) is 9.90 Å². The van der Waals surface area contributed by atoms with Crippen LogP contribution in [0.3, 0.4) is 0 Å². The van der Waals surface area contributed by atoms with E-state index in [4.69, 9.17) is 10.5 Å². The standard InChI is InChI=1S/C20H24N6O3/c1-11-5-6-16(22-9-11)14-7-15(19(21)28)18(12(2)10-27)17(8-14)26-20(13(3)29-4)23-24-25-26/h5-9,12-13,27H,10H2,1-4H3,(H2,21,28)/t12-,13?/m1/s1. The molecule has 0 saturated heterocycles. The van der Waals surface area contributed by atoms with Crippen LogP contribution >= 0.6 is 0 Å². The van der Waals surface area contributed by atoms with Crippen LogP contribution in [-0.2, 0) is 4.74 Å². The Morgan fingerprint density at radius 1 is 1.31 bits per heavy atom. The van der Waals surface area contributed by atoms with Crippen LogP contribution in [0.2, 0.25) is 0 Å². The third kappa shape index (κ3) is 4.01. The molecule has 0 fully saturated rings. The molecule has 1 amide bonds. The van der Waals surface area contributed by atoms with Crippen molar-refractivity contribution in [1.82, 2.24) is 25.2 Å². The predicted octanol–water partition coefficient (Wildman–Crippen LogP) is 1.93. The maximum Gasteiger partial charge on any atom is 0.249 e. The quantitative estimate of drug-likeness (QED) is 0.624. The van der Waals surface area contributed by atoms with Crippen LogP contribution in [0.5, 0.6) is 0 Å². The van der Waals surface area contributed by atoms with E-state index >= 15 is 0 Å². The number of amides is 1. The zero-order valence-corrected chi connectivity index (χ0v) is 16.8. The van der Waals surface area contributed by atoms with Crippen LogP contribution in [0.25, 0.3) is 16.9 Å². The Balaban J connectivity index is 2.33. The van der Waals surface area contributed by atoms with Crippen molar-refractivity contribution in [3.8, 4) is 16.9 Å². The lowest BCUT2D eigenvalue weighted by Gasteiger charge is -2.20. The van der Waals surface area contributed by atoms with Crippen molar-refractivity contribution in [1.29, 1.82) is 0 Å². The van der Waals surface area contributed by atoms with Gasteiger partial charge in [0.2, 0.25) is 5.91 Å². The molecule has 3 rings (SSSR count). The molecule has 9 nitrogen and oxygen atoms in total. The molecule has 3 aromatic rings. The molecule has 0 aliphatic rings. The molecule has 2 atom stereocenters. The first-order valence-corrected chi connectivity index (χ1v) is 9.20. The molecular weight excluding hydrogens is 372 g/mol. The Morgan fingerprint density at radius 2 is 2.07 bits per heavy atom. The molecule has 29 heavy (non-hydrogen) atoms. The number of aryl methyl sites for hydroxylation is 1. The predicted molar refractivity (Wildman–Crippen MR) is 107 cm³/mol. The second-order valence-corrected chi connectivity index (χ2v) is 6.95. The third-order valence-electron chi connectivity index (χ3n) is 4.84. The number of nitrogens with zero attached hydrogens (tertiary/aromatic N) is 5. The molecule has 2 heterocycles. The maximum absolute atomic E-state index is 12.3. The summed E-state index contributed by atoms with van der Waals surface area (Å²) in [7, 11) is 1.56. The van der Waals surface area contributed by atoms with Gasteiger partial charge in [-0.25, -0.2) is 0 Å². The van der Waals surface area contributed by atoms with Crippen molar-refractivity contribution < 1.29 is 14.6 Å². The van der Waals surface area contributed by atoms with Crippen LogP contribution in [0, 0.1) is 6.92 Å². The van der Waals surface area contributed by atoms with Crippen molar-refractivity contribution in [2.75, 3.05) is 13.7 Å². The Labute approximate surface area is 168 Å². The van der Waals surface area contributed by atoms with E-state index in [2.05, 4.69) is 20.5 Å². The molecule has 0 aliphatic heterocycles. The number of hydrogen-bond donors (Lipinski definition) is 2. The Bertz CT molecular complexity index is 1020. The minimum Gasteiger partial charge on any atom is -0.396 e. The number of carbonyl (C=O) groups is 1. The van der Waals surface area contributed by atoms with Crippen LogP contribution in [-0.4, -0.2) is 49.9 Å². The Morgan fingerprint density at radius 3 is 2.66 bits per heavy atom. The van der Waals surface area contributed by atoms with Crippen LogP contribution in [0.15, 0.2) is 30.5 Å². The molecule has 0 saturated carbocycles. The van der Waals surface area contributed by atoms with E-state index in [1.165, 1.54) is 4.68 Å². The van der Waals surface area contributed by atoms with E-state index in [0.717, 1.165) is 5.56 Å². The first-order valence-electron chi connectivity index (χ1n) is 9.20. The van der Waals surface area contributed by atoms with Gasteiger partial charge in [0.05, 0.1) is 11.4 Å². The van der Waals surface area contributed by atoms with Gasteiger partial charge in [-0.1, -0.05) is 13.0 Å². The van der Waals surface area contributed by atoms with Crippen LogP contribution < -0.4 is 5.73 Å². The second kappa shape index (κ2) is 8.46. The van der Waals surface area contributed by atoms with Gasteiger partial charge in [0.1, 0.15) is 6.10 Å². The van der Waals surface area contributed by atoms with Gasteiger partial charge in [0.15, 0.2) is 5.82 Å². The summed E-state index contributed by atoms with van der Waals surface area (Å²) in [4.78, 5) is 16.8. The van der Waals surface area contributed by atoms with Gasteiger partial charge < -0.3 is 15.6 Å². The summed E-state index contributed by atoms with van der Waals surface area (Å²) in [6, 6.07) is 7.33. The van der Waals surface area contributed by atoms with Crippen molar-refractivity contribution in [3.05, 3.63) is 53.0 Å². The first-order chi connectivity index (χ1) is 13.9. The maximum atomic E-state index is 12.3. The molecule has 0 aliphatic carbocycles. The van der Waals surface area contributed by atoms with Gasteiger partial charge in [-0.15, -0.1) is 5.10 Å². The number of rotatable bonds is 7. The summed E-state index contributed by atoms with van der Waals surface area (Å²) in [5, 5.41) is 21.7. The highest BCUT2D eigenvalue weighted by molar-refractivity contribution is 5.97. The number of aromatic nitrogens is 5. The van der Waals surface area contributed by atoms with Gasteiger partial charge in [0.25, 0.3) is 0 Å². The smallest absolute Gasteiger partial charge is 0.249 e. The number of primary amides is 1. The van der Waals surface area contributed by atoms with Gasteiger partial charge in [-0.05, 0) is 53.6 Å². The van der Waals surface area contributed by atoms with Crippen LogP contribution in [0.1, 0.15) is 53.2 Å². The molecular formula is C20H24N6O3. The van der Waals surface area contributed by atoms with E-state index in [-0.39, 0.29) is 24.2 Å². The highest BCUT2D eigenvalue weighted by Crippen LogP contribution is 2.33. The summed E-state index contributed by atoms with van der Waals surface area (Å²) in [5.74, 6) is -0.518. The minimum absolute atomic E-state index is 0.174. The third-order valence-corrected chi connectivity index (χ3v) is 4.84. The van der Waals surface area contributed by atoms with Gasteiger partial charge in [0, 0.05) is 37.0 Å². The number of ether oxygens (including phenoxy) is 1. The van der Waals surface area contributed by atoms with E-state index in [1.807, 2.05) is 32.0 Å². The summed E-state index contributed by atoms with van der Waals surface area (Å²) in [5.41, 5.74) is 9.48. The fraction of sp³-hybridized carbons (Fsp3) is 0.350. The molecule has 1 unspecified atom stereocenters. The number of tetrazole rings is 1. The lowest BCUT2D eigenvalue weighted by Crippen LogP contribution is -2.20. The van der Waals surface area contributed by atoms with Gasteiger partial charge >= 0.3 is 0 Å². The lowest BCUT2D eigenvalue weighted by atomic mass is 9.91. The number of aliphatic hydroxyl groups excluding tert-OH is 1. The Kier molecular flexibility index (Phi) is 6.00. The SMILES string of the molecule is COC(C)c1nnnn1-c1cc(-c2ccc(C)cn2)cc(C(N)=O)c1[C@H](C)CO. The number of pyridine rings is 1.